The number of benzene rings is 5. The molecule has 0 bridgehead atoms. The molecule has 5 aromatic heterocycles. The number of nitriles is 2. The van der Waals surface area contributed by atoms with Gasteiger partial charge in [0.15, 0.2) is 0 Å². The van der Waals surface area contributed by atoms with E-state index in [1.54, 1.807) is 30.3 Å². The average molecular weight is 2200 g/mol. The number of nitrogen functional groups attached to an aromatic ring is 1. The summed E-state index contributed by atoms with van der Waals surface area (Å²) in [6.45, 7) is 26.3. The summed E-state index contributed by atoms with van der Waals surface area (Å²) >= 11 is 10.1. The number of hydrogen-bond donors (Lipinski definition) is 20. The fourth-order valence-corrected chi connectivity index (χ4v) is 20.2. The summed E-state index contributed by atoms with van der Waals surface area (Å²) in [4.78, 5) is 80.6. The third-order valence-corrected chi connectivity index (χ3v) is 27.8. The number of hydrogen-bond acceptors (Lipinski definition) is 36. The van der Waals surface area contributed by atoms with Crippen LogP contribution < -0.4 is 98.2 Å². The zero-order valence-electron chi connectivity index (χ0n) is 85.7. The number of amides is 6. The molecule has 5 saturated carbocycles. The predicted octanol–water partition coefficient (Wildman–Crippen LogP) is 22.2. The van der Waals surface area contributed by atoms with Crippen molar-refractivity contribution in [2.45, 2.75) is 309 Å². The largest absolute Gasteiger partial charge is 0.446 e. The van der Waals surface area contributed by atoms with Crippen molar-refractivity contribution in [2.24, 2.45) is 28.7 Å². The Balaban J connectivity index is 0.000000218. The third-order valence-electron chi connectivity index (χ3n) is 23.2. The maximum absolute atomic E-state index is 12.3. The Hall–Kier alpha value is -12.8. The fourth-order valence-electron chi connectivity index (χ4n) is 16.5. The van der Waals surface area contributed by atoms with Gasteiger partial charge in [0.05, 0.1) is 97.2 Å². The topological polar surface area (TPSA) is 600 Å². The van der Waals surface area contributed by atoms with E-state index in [1.807, 2.05) is 188 Å². The van der Waals surface area contributed by atoms with Crippen LogP contribution in [0.3, 0.4) is 0 Å². The summed E-state index contributed by atoms with van der Waals surface area (Å²) in [5, 5.41) is 74.4. The van der Waals surface area contributed by atoms with E-state index in [1.165, 1.54) is 83.3 Å². The number of aryl methyl sites for hydroxylation is 5. The molecular weight excluding hydrogens is 2060 g/mol. The van der Waals surface area contributed by atoms with Crippen LogP contribution in [0.1, 0.15) is 261 Å². The van der Waals surface area contributed by atoms with Crippen LogP contribution >= 0.6 is 73.6 Å². The molecule has 15 rings (SSSR count). The maximum atomic E-state index is 12.3. The molecule has 5 heterocycles. The molecule has 0 unspecified atom stereocenters. The van der Waals surface area contributed by atoms with Gasteiger partial charge in [0.25, 0.3) is 17.7 Å². The quantitative estimate of drug-likeness (QED) is 0.0116. The summed E-state index contributed by atoms with van der Waals surface area (Å²) in [7, 11) is 0. The number of nitrogens with two attached hydrogens (primary N) is 6. The minimum absolute atomic E-state index is 0.00945. The van der Waals surface area contributed by atoms with Gasteiger partial charge in [-0.3, -0.25) is 29.7 Å². The van der Waals surface area contributed by atoms with Crippen LogP contribution in [0, 0.1) is 57.3 Å². The second-order valence-corrected chi connectivity index (χ2v) is 44.1. The molecule has 10 aromatic rings. The zero-order chi connectivity index (χ0) is 109. The van der Waals surface area contributed by atoms with E-state index < -0.39 is 53.1 Å². The number of alkyl carbamates (subject to hydrolysis) is 3. The monoisotopic (exact) mass is 2200 g/mol. The molecule has 5 fully saturated rings. The highest BCUT2D eigenvalue weighted by atomic mass is 79.9. The standard InChI is InChI=1S/C22H31N5O3S.C22H29N5O2S.C18H24BrN3O2.2C17H23N5OS.C4H6N2S.C2HF3O.H2O2/c1-13-11-19(31-27-13)25-18-12-14(9-10-15(18)20(23)28)24-16-7-5-6-8-17(16)26-21(29)30-22(2,3)4;1-14-11-20(30-27-14)25-19-12-16(10-9-15(19)13-23)24-17-7-5-6-8-18(17)26-21(28)29-22(2,3)4;1-18(2,3)24-17(23)22-16-7-5-4-6-15(16)21-13-9-8-12(11-20)14(19)10-13;2*1-10-8-16(24-22-10)21-15-9-11(6-7-12(15)17(19)23)20-14-5-3-2-4-13(14)18;1-3-2-4(5)7-6-3;3-2(4,5)1-6;1-2/h9-12,16-17,24-25H,5-8H2,1-4H3,(H2,23,28)(H,26,29);9-12,17-18,24-25H,5-8H2,1-4H3,(H,26,28);8-10,15-16,21H,4-7H2,1-3H3,(H,22,23);2*6-9,13-14,20-21H,2-5,18H2,1H3,(H2,19,23);2H,5H2,1H3;1H;1-2H/t16-,17+;17-,18+;15-,16+;2*13-,14+;;;/m11100.../s1. The number of halogens is 4. The molecule has 802 valence electrons. The van der Waals surface area contributed by atoms with Gasteiger partial charge in [0, 0.05) is 75.2 Å². The molecular formula is C102H139BrF3N25O12S5. The molecule has 6 amide bonds. The van der Waals surface area contributed by atoms with Gasteiger partial charge in [-0.25, -0.2) is 14.4 Å². The Morgan fingerprint density at radius 2 is 0.622 bits per heavy atom. The van der Waals surface area contributed by atoms with Gasteiger partial charge in [0.2, 0.25) is 6.29 Å². The first-order chi connectivity index (χ1) is 70.0. The lowest BCUT2D eigenvalue weighted by Gasteiger charge is -2.34. The van der Waals surface area contributed by atoms with Crippen LogP contribution in [0.15, 0.2) is 126 Å². The zero-order valence-corrected chi connectivity index (χ0v) is 91.3. The fraction of sp³-hybridized carbons (Fsp3) is 0.471. The van der Waals surface area contributed by atoms with Crippen LogP contribution in [0.4, 0.5) is 104 Å². The first kappa shape index (κ1) is 120. The average Bonchev–Trinajstić information content (AvgIpc) is 1.31. The Labute approximate surface area is 891 Å². The van der Waals surface area contributed by atoms with Crippen LogP contribution in [-0.4, -0.2) is 158 Å². The van der Waals surface area contributed by atoms with Gasteiger partial charge in [-0.1, -0.05) is 64.2 Å². The van der Waals surface area contributed by atoms with E-state index in [0.29, 0.717) is 44.9 Å². The van der Waals surface area contributed by atoms with E-state index >= 15 is 0 Å². The SMILES string of the molecule is CC(C)(C)OC(=O)N[C@H]1CCCC[C@H]1Nc1ccc(C#N)c(Br)c1.Cc1cc(N)sn1.Cc1cc(Nc2cc(N[C@@H]3CCCC[C@@H]3N)ccc2C(N)=O)sn1.Cc1cc(Nc2cc(N[C@@H]3CCCC[C@@H]3N)ccc2C(N)=O)sn1.Cc1cc(Nc2cc(N[C@@H]3CCCC[C@@H]3NC(=O)OC(C)(C)C)ccc2C#N)sn1.Cc1cc(Nc2cc(N[C@@H]3CCCC[C@@H]3NC(=O)OC(C)(C)C)ccc2C(N)=O)sn1.O=CC(F)(F)F.OO. The van der Waals surface area contributed by atoms with Gasteiger partial charge < -0.3 is 112 Å². The number of carbonyl (C=O) groups excluding carboxylic acids is 7. The van der Waals surface area contributed by atoms with Crippen molar-refractivity contribution in [1.82, 2.24) is 37.8 Å². The summed E-state index contributed by atoms with van der Waals surface area (Å²) in [6.07, 6.45) is 14.2. The van der Waals surface area contributed by atoms with Crippen molar-refractivity contribution in [1.29, 1.82) is 10.5 Å². The summed E-state index contributed by atoms with van der Waals surface area (Å²) in [6, 6.07) is 42.8. The number of alkyl halides is 3. The highest BCUT2D eigenvalue weighted by Gasteiger charge is 2.34. The van der Waals surface area contributed by atoms with E-state index in [-0.39, 0.29) is 72.6 Å². The Morgan fingerprint density at radius 3 is 0.858 bits per heavy atom. The lowest BCUT2D eigenvalue weighted by molar-refractivity contribution is -0.176. The lowest BCUT2D eigenvalue weighted by atomic mass is 9.90. The van der Waals surface area contributed by atoms with Gasteiger partial charge in [-0.05, 0) is 356 Å². The number of anilines is 14. The van der Waals surface area contributed by atoms with Crippen LogP contribution in [-0.2, 0) is 19.0 Å². The molecule has 0 saturated heterocycles. The molecule has 5 aliphatic rings. The van der Waals surface area contributed by atoms with Crippen molar-refractivity contribution in [2.75, 3.05) is 53.6 Å². The van der Waals surface area contributed by atoms with Gasteiger partial charge >= 0.3 is 24.5 Å². The molecule has 0 aliphatic heterocycles. The minimum atomic E-state index is -4.64. The Morgan fingerprint density at radius 1 is 0.378 bits per heavy atom. The summed E-state index contributed by atoms with van der Waals surface area (Å²) < 4.78 is 69.2. The van der Waals surface area contributed by atoms with Crippen LogP contribution in [0.2, 0.25) is 0 Å². The number of rotatable bonds is 24. The number of nitrogens with one attached hydrogen (secondary N) is 12. The highest BCUT2D eigenvalue weighted by molar-refractivity contribution is 9.10. The van der Waals surface area contributed by atoms with Crippen LogP contribution in [0.25, 0.3) is 0 Å². The van der Waals surface area contributed by atoms with E-state index in [2.05, 4.69) is 114 Å². The molecule has 0 spiro atoms. The first-order valence-corrected chi connectivity index (χ1v) is 53.3. The minimum Gasteiger partial charge on any atom is -0.444 e. The van der Waals surface area contributed by atoms with Crippen molar-refractivity contribution < 1.29 is 71.5 Å². The van der Waals surface area contributed by atoms with E-state index in [9.17, 15) is 47.2 Å². The van der Waals surface area contributed by atoms with Crippen molar-refractivity contribution in [3.05, 3.63) is 182 Å². The smallest absolute Gasteiger partial charge is 0.444 e. The third kappa shape index (κ3) is 42.5. The second kappa shape index (κ2) is 58.3. The molecule has 148 heavy (non-hydrogen) atoms. The summed E-state index contributed by atoms with van der Waals surface area (Å²) in [5.41, 5.74) is 47.2. The van der Waals surface area contributed by atoms with E-state index in [0.717, 1.165) is 195 Å². The van der Waals surface area contributed by atoms with Crippen molar-refractivity contribution in [3.63, 3.8) is 0 Å². The lowest BCUT2D eigenvalue weighted by Crippen LogP contribution is -2.49. The number of nitrogens with zero attached hydrogens (tertiary/aromatic N) is 7. The molecule has 10 atom stereocenters. The van der Waals surface area contributed by atoms with Crippen molar-refractivity contribution >= 4 is 192 Å². The Bertz CT molecular complexity index is 5930. The number of carbonyl (C=O) groups is 7. The molecule has 46 heteroatoms. The van der Waals surface area contributed by atoms with Gasteiger partial charge in [-0.2, -0.15) is 45.6 Å². The number of primary amides is 3. The first-order valence-electron chi connectivity index (χ1n) is 48.6. The molecule has 37 nitrogen and oxygen atoms in total. The number of aldehydes is 1. The molecule has 26 N–H and O–H groups in total. The second-order valence-electron chi connectivity index (χ2n) is 39.2. The van der Waals surface area contributed by atoms with Gasteiger partial charge in [0.1, 0.15) is 53.9 Å². The number of aromatic nitrogens is 5. The normalized spacial score (nSPS) is 18.8. The number of ether oxygens (including phenoxy) is 3. The molecule has 5 aromatic carbocycles. The molecule has 5 aliphatic carbocycles. The van der Waals surface area contributed by atoms with E-state index in [4.69, 9.17) is 69.2 Å². The van der Waals surface area contributed by atoms with Crippen molar-refractivity contribution in [3.8, 4) is 12.1 Å². The predicted molar refractivity (Wildman–Crippen MR) is 589 cm³/mol. The Kier molecular flexibility index (Phi) is 47.4. The van der Waals surface area contributed by atoms with Gasteiger partial charge in [-0.15, -0.1) is 0 Å². The molecule has 0 radical (unpaired) electrons. The highest BCUT2D eigenvalue weighted by Crippen LogP contribution is 2.37. The van der Waals surface area contributed by atoms with Crippen LogP contribution in [0.5, 0.6) is 0 Å². The maximum Gasteiger partial charge on any atom is 0.446 e. The summed E-state index contributed by atoms with van der Waals surface area (Å²) in [5.74, 6) is -1.42.